The van der Waals surface area contributed by atoms with E-state index in [0.717, 1.165) is 14.5 Å². The van der Waals surface area contributed by atoms with Crippen molar-refractivity contribution in [2.75, 3.05) is 11.9 Å². The average molecular weight is 515 g/mol. The summed E-state index contributed by atoms with van der Waals surface area (Å²) >= 11 is 6.78. The monoisotopic (exact) mass is 513 g/mol. The van der Waals surface area contributed by atoms with Crippen molar-refractivity contribution in [3.05, 3.63) is 56.7 Å². The summed E-state index contributed by atoms with van der Waals surface area (Å²) in [6, 6.07) is 9.06. The molecular weight excluding hydrogens is 497 g/mol. The fraction of sp³-hybridized carbons (Fsp3) is 0.211. The first-order valence-corrected chi connectivity index (χ1v) is 9.79. The molecule has 148 valence electrons. The maximum absolute atomic E-state index is 12.9. The van der Waals surface area contributed by atoms with Gasteiger partial charge in [-0.2, -0.15) is 5.10 Å². The third kappa shape index (κ3) is 7.05. The number of hydrogen-bond acceptors (Lipinski definition) is 4. The lowest BCUT2D eigenvalue weighted by Crippen LogP contribution is -2.26. The topological polar surface area (TPSA) is 79.8 Å². The first kappa shape index (κ1) is 22.0. The highest BCUT2D eigenvalue weighted by Gasteiger charge is 2.09. The van der Waals surface area contributed by atoms with Crippen LogP contribution >= 0.6 is 31.9 Å². The molecule has 0 unspecified atom stereocenters. The first-order valence-electron chi connectivity index (χ1n) is 8.20. The highest BCUT2D eigenvalue weighted by molar-refractivity contribution is 9.11. The fourth-order valence-electron chi connectivity index (χ4n) is 2.09. The molecule has 2 rings (SSSR count). The number of amides is 2. The van der Waals surface area contributed by atoms with Crippen LogP contribution in [-0.4, -0.2) is 24.1 Å². The first-order chi connectivity index (χ1) is 13.2. The van der Waals surface area contributed by atoms with Crippen molar-refractivity contribution in [2.45, 2.75) is 20.3 Å². The van der Waals surface area contributed by atoms with Crippen LogP contribution in [0.4, 0.5) is 10.1 Å². The highest BCUT2D eigenvalue weighted by atomic mass is 79.9. The lowest BCUT2D eigenvalue weighted by Gasteiger charge is -2.10. The number of carbonyl (C=O) groups is 2. The molecule has 9 heteroatoms. The van der Waals surface area contributed by atoms with Crippen molar-refractivity contribution in [2.24, 2.45) is 5.10 Å². The molecule has 0 heterocycles. The minimum absolute atomic E-state index is 0.0179. The number of hydrazone groups is 1. The number of aryl methyl sites for hydroxylation is 1. The Morgan fingerprint density at radius 3 is 2.46 bits per heavy atom. The summed E-state index contributed by atoms with van der Waals surface area (Å²) in [6.45, 7) is 3.30. The van der Waals surface area contributed by atoms with E-state index in [-0.39, 0.29) is 24.8 Å². The van der Waals surface area contributed by atoms with E-state index < -0.39 is 5.91 Å². The zero-order valence-electron chi connectivity index (χ0n) is 15.2. The average Bonchev–Trinajstić information content (AvgIpc) is 2.63. The van der Waals surface area contributed by atoms with E-state index in [4.69, 9.17) is 4.74 Å². The van der Waals surface area contributed by atoms with Crippen LogP contribution in [0.1, 0.15) is 18.9 Å². The Morgan fingerprint density at radius 1 is 1.11 bits per heavy atom. The molecule has 6 nitrogen and oxygen atoms in total. The number of rotatable bonds is 7. The van der Waals surface area contributed by atoms with E-state index in [9.17, 15) is 14.0 Å². The Morgan fingerprint density at radius 2 is 1.79 bits per heavy atom. The SMILES string of the molecule is CC(CC(=O)Nc1ccc(F)cc1)=NNC(=O)COc1cc(C)c(Br)cc1Br. The normalized spacial score (nSPS) is 11.1. The van der Waals surface area contributed by atoms with Gasteiger partial charge >= 0.3 is 0 Å². The van der Waals surface area contributed by atoms with Crippen molar-refractivity contribution in [1.82, 2.24) is 5.43 Å². The second-order valence-corrected chi connectivity index (χ2v) is 7.64. The Kier molecular flexibility index (Phi) is 8.13. The van der Waals surface area contributed by atoms with Crippen LogP contribution in [-0.2, 0) is 9.59 Å². The van der Waals surface area contributed by atoms with Gasteiger partial charge in [0.25, 0.3) is 5.91 Å². The largest absolute Gasteiger partial charge is 0.483 e. The summed E-state index contributed by atoms with van der Waals surface area (Å²) in [6.07, 6.45) is -0.0179. The molecule has 2 aromatic rings. The molecule has 0 aliphatic rings. The van der Waals surface area contributed by atoms with Gasteiger partial charge in [-0.1, -0.05) is 15.9 Å². The Balaban J connectivity index is 1.80. The maximum atomic E-state index is 12.9. The standard InChI is InChI=1S/C19H18Br2FN3O3/c1-11-7-17(16(21)9-15(11)20)28-10-19(27)25-24-12(2)8-18(26)23-14-5-3-13(22)4-6-14/h3-7,9H,8,10H2,1-2H3,(H,23,26)(H,25,27). The van der Waals surface area contributed by atoms with Gasteiger partial charge in [-0.25, -0.2) is 9.82 Å². The molecule has 0 spiro atoms. The predicted octanol–water partition coefficient (Wildman–Crippen LogP) is 4.56. The molecule has 0 aromatic heterocycles. The number of nitrogens with zero attached hydrogens (tertiary/aromatic N) is 1. The zero-order valence-corrected chi connectivity index (χ0v) is 18.4. The molecule has 2 aromatic carbocycles. The molecule has 0 fully saturated rings. The molecule has 0 atom stereocenters. The van der Waals surface area contributed by atoms with Gasteiger partial charge in [0.15, 0.2) is 6.61 Å². The number of hydrogen-bond donors (Lipinski definition) is 2. The molecule has 0 saturated heterocycles. The molecule has 0 radical (unpaired) electrons. The fourth-order valence-corrected chi connectivity index (χ4v) is 3.19. The number of nitrogens with one attached hydrogen (secondary N) is 2. The van der Waals surface area contributed by atoms with Crippen molar-refractivity contribution in [1.29, 1.82) is 0 Å². The van der Waals surface area contributed by atoms with E-state index in [2.05, 4.69) is 47.7 Å². The molecule has 0 aliphatic carbocycles. The Labute approximate surface area is 178 Å². The van der Waals surface area contributed by atoms with Crippen molar-refractivity contribution in [3.8, 4) is 5.75 Å². The molecule has 2 amide bonds. The van der Waals surface area contributed by atoms with Crippen molar-refractivity contribution < 1.29 is 18.7 Å². The van der Waals surface area contributed by atoms with E-state index in [0.29, 0.717) is 17.1 Å². The molecule has 2 N–H and O–H groups in total. The minimum Gasteiger partial charge on any atom is -0.483 e. The molecule has 0 bridgehead atoms. The van der Waals surface area contributed by atoms with Crippen LogP contribution in [0.15, 0.2) is 50.4 Å². The number of anilines is 1. The number of carbonyl (C=O) groups excluding carboxylic acids is 2. The summed E-state index contributed by atoms with van der Waals surface area (Å²) in [7, 11) is 0. The van der Waals surface area contributed by atoms with Crippen LogP contribution in [0.2, 0.25) is 0 Å². The summed E-state index contributed by atoms with van der Waals surface area (Å²) < 4.78 is 20.0. The number of ether oxygens (including phenoxy) is 1. The molecular formula is C19H18Br2FN3O3. The molecule has 0 saturated carbocycles. The second-order valence-electron chi connectivity index (χ2n) is 5.93. The molecule has 0 aliphatic heterocycles. The predicted molar refractivity (Wildman–Crippen MR) is 113 cm³/mol. The second kappa shape index (κ2) is 10.3. The maximum Gasteiger partial charge on any atom is 0.277 e. The van der Waals surface area contributed by atoms with E-state index in [1.165, 1.54) is 24.3 Å². The van der Waals surface area contributed by atoms with Crippen LogP contribution < -0.4 is 15.5 Å². The van der Waals surface area contributed by atoms with Gasteiger partial charge in [0.2, 0.25) is 5.91 Å². The number of benzene rings is 2. The summed E-state index contributed by atoms with van der Waals surface area (Å²) in [4.78, 5) is 23.8. The third-order valence-corrected chi connectivity index (χ3v) is 4.96. The van der Waals surface area contributed by atoms with Crippen LogP contribution in [0.5, 0.6) is 5.75 Å². The highest BCUT2D eigenvalue weighted by Crippen LogP contribution is 2.31. The van der Waals surface area contributed by atoms with Crippen LogP contribution in [0.3, 0.4) is 0 Å². The summed E-state index contributed by atoms with van der Waals surface area (Å²) in [5.41, 5.74) is 4.21. The Hall–Kier alpha value is -2.26. The number of halogens is 3. The lowest BCUT2D eigenvalue weighted by atomic mass is 10.2. The van der Waals surface area contributed by atoms with Gasteiger partial charge in [-0.05, 0) is 71.7 Å². The van der Waals surface area contributed by atoms with Crippen molar-refractivity contribution >= 4 is 55.1 Å². The van der Waals surface area contributed by atoms with Crippen LogP contribution in [0, 0.1) is 12.7 Å². The van der Waals surface area contributed by atoms with Gasteiger partial charge in [-0.15, -0.1) is 0 Å². The third-order valence-electron chi connectivity index (χ3n) is 3.49. The van der Waals surface area contributed by atoms with Gasteiger partial charge in [-0.3, -0.25) is 9.59 Å². The smallest absolute Gasteiger partial charge is 0.277 e. The lowest BCUT2D eigenvalue weighted by molar-refractivity contribution is -0.123. The Bertz CT molecular complexity index is 902. The molecule has 28 heavy (non-hydrogen) atoms. The van der Waals surface area contributed by atoms with E-state index in [1.54, 1.807) is 13.0 Å². The van der Waals surface area contributed by atoms with Gasteiger partial charge in [0.05, 0.1) is 10.9 Å². The summed E-state index contributed by atoms with van der Waals surface area (Å²) in [5, 5.41) is 6.50. The quantitative estimate of drug-likeness (QED) is 0.420. The van der Waals surface area contributed by atoms with E-state index >= 15 is 0 Å². The van der Waals surface area contributed by atoms with Crippen LogP contribution in [0.25, 0.3) is 0 Å². The van der Waals surface area contributed by atoms with Gasteiger partial charge in [0, 0.05) is 15.9 Å². The van der Waals surface area contributed by atoms with Gasteiger partial charge in [0.1, 0.15) is 11.6 Å². The summed E-state index contributed by atoms with van der Waals surface area (Å²) in [5.74, 6) is -0.625. The van der Waals surface area contributed by atoms with Gasteiger partial charge < -0.3 is 10.1 Å². The van der Waals surface area contributed by atoms with E-state index in [1.807, 2.05) is 13.0 Å². The minimum atomic E-state index is -0.453. The van der Waals surface area contributed by atoms with Crippen molar-refractivity contribution in [3.63, 3.8) is 0 Å². The zero-order chi connectivity index (χ0) is 20.7.